The Hall–Kier alpha value is -1.46. The van der Waals surface area contributed by atoms with E-state index in [1.165, 1.54) is 5.01 Å². The number of hydrazone groups is 1. The molecule has 0 N–H and O–H groups in total. The standard InChI is InChI=1S/C10H18N4O2/c1-7(2)5-6-16-10(15)14-9(4)12-11-8(3)13-14/h7,9H,5-6H2,1-4H3. The molecule has 0 aromatic heterocycles. The van der Waals surface area contributed by atoms with Crippen LogP contribution in [0.4, 0.5) is 4.79 Å². The first-order valence-corrected chi connectivity index (χ1v) is 5.42. The van der Waals surface area contributed by atoms with Gasteiger partial charge in [0.25, 0.3) is 0 Å². The molecule has 0 aliphatic carbocycles. The molecule has 1 aliphatic heterocycles. The molecule has 0 radical (unpaired) electrons. The summed E-state index contributed by atoms with van der Waals surface area (Å²) in [5, 5.41) is 12.8. The average Bonchev–Trinajstić information content (AvgIpc) is 2.21. The van der Waals surface area contributed by atoms with E-state index in [9.17, 15) is 4.79 Å². The largest absolute Gasteiger partial charge is 0.448 e. The molecule has 6 heteroatoms. The fourth-order valence-electron chi connectivity index (χ4n) is 1.12. The van der Waals surface area contributed by atoms with E-state index in [1.54, 1.807) is 13.8 Å². The first-order chi connectivity index (χ1) is 7.50. The lowest BCUT2D eigenvalue weighted by Gasteiger charge is -2.22. The van der Waals surface area contributed by atoms with Crippen LogP contribution < -0.4 is 0 Å². The van der Waals surface area contributed by atoms with Gasteiger partial charge < -0.3 is 4.74 Å². The van der Waals surface area contributed by atoms with Crippen LogP contribution in [-0.4, -0.2) is 29.7 Å². The number of hydrogen-bond donors (Lipinski definition) is 0. The summed E-state index contributed by atoms with van der Waals surface area (Å²) in [4.78, 5) is 11.6. The fraction of sp³-hybridized carbons (Fsp3) is 0.800. The SMILES string of the molecule is CC1=NN(C(=O)OCCC(C)C)C(C)N=N1. The highest BCUT2D eigenvalue weighted by molar-refractivity contribution is 5.82. The van der Waals surface area contributed by atoms with Crippen LogP contribution in [0.1, 0.15) is 34.1 Å². The van der Waals surface area contributed by atoms with E-state index in [0.717, 1.165) is 6.42 Å². The van der Waals surface area contributed by atoms with Gasteiger partial charge in [0.15, 0.2) is 12.0 Å². The zero-order valence-corrected chi connectivity index (χ0v) is 10.2. The molecule has 0 aromatic rings. The summed E-state index contributed by atoms with van der Waals surface area (Å²) in [6.07, 6.45) is -0.0144. The van der Waals surface area contributed by atoms with Crippen LogP contribution in [0, 0.1) is 5.92 Å². The second-order valence-corrected chi connectivity index (χ2v) is 4.14. The lowest BCUT2D eigenvalue weighted by molar-refractivity contribution is 0.0851. The zero-order valence-electron chi connectivity index (χ0n) is 10.2. The van der Waals surface area contributed by atoms with Crippen molar-refractivity contribution in [1.29, 1.82) is 0 Å². The van der Waals surface area contributed by atoms with Crippen molar-refractivity contribution in [2.75, 3.05) is 6.61 Å². The molecule has 1 unspecified atom stereocenters. The van der Waals surface area contributed by atoms with Crippen LogP contribution in [0.2, 0.25) is 0 Å². The van der Waals surface area contributed by atoms with Crippen LogP contribution in [0.25, 0.3) is 0 Å². The van der Waals surface area contributed by atoms with Crippen molar-refractivity contribution >= 4 is 11.9 Å². The van der Waals surface area contributed by atoms with Crippen molar-refractivity contribution in [1.82, 2.24) is 5.01 Å². The van der Waals surface area contributed by atoms with Gasteiger partial charge in [-0.25, -0.2) is 4.79 Å². The van der Waals surface area contributed by atoms with Gasteiger partial charge in [0.2, 0.25) is 0 Å². The molecule has 90 valence electrons. The molecule has 16 heavy (non-hydrogen) atoms. The number of carbonyl (C=O) groups is 1. The molecule has 0 saturated carbocycles. The molecule has 0 fully saturated rings. The Bertz CT molecular complexity index is 312. The second kappa shape index (κ2) is 5.58. The van der Waals surface area contributed by atoms with Crippen molar-refractivity contribution in [2.45, 2.75) is 40.3 Å². The Morgan fingerprint density at radius 3 is 2.88 bits per heavy atom. The van der Waals surface area contributed by atoms with E-state index in [4.69, 9.17) is 4.74 Å². The summed E-state index contributed by atoms with van der Waals surface area (Å²) in [6.45, 7) is 7.99. The average molecular weight is 226 g/mol. The summed E-state index contributed by atoms with van der Waals surface area (Å²) in [5.74, 6) is 0.968. The lowest BCUT2D eigenvalue weighted by atomic mass is 10.1. The minimum atomic E-state index is -0.467. The molecular weight excluding hydrogens is 208 g/mol. The van der Waals surface area contributed by atoms with E-state index in [-0.39, 0.29) is 0 Å². The van der Waals surface area contributed by atoms with Crippen LogP contribution in [0.5, 0.6) is 0 Å². The van der Waals surface area contributed by atoms with Gasteiger partial charge in [-0.15, -0.1) is 10.2 Å². The topological polar surface area (TPSA) is 66.6 Å². The van der Waals surface area contributed by atoms with Gasteiger partial charge in [-0.3, -0.25) is 0 Å². The number of nitrogens with zero attached hydrogens (tertiary/aromatic N) is 4. The molecule has 1 heterocycles. The molecule has 1 rings (SSSR count). The maximum atomic E-state index is 11.6. The predicted octanol–water partition coefficient (Wildman–Crippen LogP) is 2.62. The lowest BCUT2D eigenvalue weighted by Crippen LogP contribution is -2.36. The smallest absolute Gasteiger partial charge is 0.432 e. The van der Waals surface area contributed by atoms with Crippen molar-refractivity contribution in [3.05, 3.63) is 0 Å². The Morgan fingerprint density at radius 1 is 1.56 bits per heavy atom. The molecule has 0 saturated heterocycles. The third-order valence-corrected chi connectivity index (χ3v) is 2.08. The normalized spacial score (nSPS) is 19.9. The molecule has 0 spiro atoms. The van der Waals surface area contributed by atoms with Crippen LogP contribution in [0.15, 0.2) is 15.3 Å². The summed E-state index contributed by atoms with van der Waals surface area (Å²) < 4.78 is 5.09. The van der Waals surface area contributed by atoms with Crippen molar-refractivity contribution in [3.63, 3.8) is 0 Å². The highest BCUT2D eigenvalue weighted by Gasteiger charge is 2.23. The monoisotopic (exact) mass is 226 g/mol. The highest BCUT2D eigenvalue weighted by Crippen LogP contribution is 2.11. The quantitative estimate of drug-likeness (QED) is 0.742. The Kier molecular flexibility index (Phi) is 4.39. The predicted molar refractivity (Wildman–Crippen MR) is 60.1 cm³/mol. The van der Waals surface area contributed by atoms with Gasteiger partial charge in [0.05, 0.1) is 6.61 Å². The van der Waals surface area contributed by atoms with Gasteiger partial charge >= 0.3 is 6.09 Å². The Balaban J connectivity index is 2.44. The van der Waals surface area contributed by atoms with E-state index >= 15 is 0 Å². The van der Waals surface area contributed by atoms with E-state index in [2.05, 4.69) is 29.2 Å². The number of amides is 1. The maximum absolute atomic E-state index is 11.6. The molecule has 1 aliphatic rings. The van der Waals surface area contributed by atoms with Gasteiger partial charge in [0.1, 0.15) is 0 Å². The summed E-state index contributed by atoms with van der Waals surface area (Å²) >= 11 is 0. The first kappa shape index (κ1) is 12.6. The summed E-state index contributed by atoms with van der Waals surface area (Å²) in [6, 6.07) is 0. The molecule has 0 aromatic carbocycles. The first-order valence-electron chi connectivity index (χ1n) is 5.42. The van der Waals surface area contributed by atoms with E-state index in [1.807, 2.05) is 0 Å². The maximum Gasteiger partial charge on any atom is 0.432 e. The highest BCUT2D eigenvalue weighted by atomic mass is 16.6. The van der Waals surface area contributed by atoms with Crippen molar-refractivity contribution in [3.8, 4) is 0 Å². The molecule has 0 bridgehead atoms. The van der Waals surface area contributed by atoms with E-state index in [0.29, 0.717) is 18.4 Å². The van der Waals surface area contributed by atoms with Gasteiger partial charge in [-0.05, 0) is 26.2 Å². The fourth-order valence-corrected chi connectivity index (χ4v) is 1.12. The van der Waals surface area contributed by atoms with Crippen molar-refractivity contribution < 1.29 is 9.53 Å². The third-order valence-electron chi connectivity index (χ3n) is 2.08. The number of amidine groups is 1. The second-order valence-electron chi connectivity index (χ2n) is 4.14. The molecule has 6 nitrogen and oxygen atoms in total. The number of carbonyl (C=O) groups excluding carboxylic acids is 1. The molecular formula is C10H18N4O2. The molecule has 1 amide bonds. The Labute approximate surface area is 95.4 Å². The summed E-state index contributed by atoms with van der Waals surface area (Å²) in [7, 11) is 0. The van der Waals surface area contributed by atoms with Gasteiger partial charge in [-0.1, -0.05) is 13.8 Å². The summed E-state index contributed by atoms with van der Waals surface area (Å²) in [5.41, 5.74) is 0. The number of hydrogen-bond acceptors (Lipinski definition) is 5. The minimum Gasteiger partial charge on any atom is -0.448 e. The minimum absolute atomic E-state index is 0.393. The third kappa shape index (κ3) is 3.60. The zero-order chi connectivity index (χ0) is 12.1. The molecule has 1 atom stereocenters. The Morgan fingerprint density at radius 2 is 2.25 bits per heavy atom. The van der Waals surface area contributed by atoms with Crippen LogP contribution >= 0.6 is 0 Å². The van der Waals surface area contributed by atoms with Crippen LogP contribution in [-0.2, 0) is 4.74 Å². The number of rotatable bonds is 3. The van der Waals surface area contributed by atoms with E-state index < -0.39 is 12.3 Å². The van der Waals surface area contributed by atoms with Gasteiger partial charge in [-0.2, -0.15) is 10.1 Å². The van der Waals surface area contributed by atoms with Crippen LogP contribution in [0.3, 0.4) is 0 Å². The van der Waals surface area contributed by atoms with Crippen molar-refractivity contribution in [2.24, 2.45) is 21.2 Å². The number of ether oxygens (including phenoxy) is 1. The number of azo groups is 1. The van der Waals surface area contributed by atoms with Gasteiger partial charge in [0, 0.05) is 0 Å².